The standard InChI is InChI=1S/C27H29N3O4/c1-20-3-11-25(12-4-20)34-19-26(31)28-22-7-9-23(10-8-22)29-15-17-30(18-16-29)27(32)21-5-13-24(33-2)14-6-21/h3-14H,15-19H2,1-2H3,(H,28,31). The Labute approximate surface area is 199 Å². The molecule has 34 heavy (non-hydrogen) atoms. The number of benzene rings is 3. The molecule has 1 heterocycles. The predicted molar refractivity (Wildman–Crippen MR) is 133 cm³/mol. The lowest BCUT2D eigenvalue weighted by molar-refractivity contribution is -0.118. The third-order valence-corrected chi connectivity index (χ3v) is 5.81. The first-order valence-electron chi connectivity index (χ1n) is 11.3. The maximum absolute atomic E-state index is 12.8. The molecule has 0 unspecified atom stereocenters. The summed E-state index contributed by atoms with van der Waals surface area (Å²) in [4.78, 5) is 29.1. The molecule has 0 atom stereocenters. The van der Waals surface area contributed by atoms with Crippen LogP contribution in [0.2, 0.25) is 0 Å². The second-order valence-electron chi connectivity index (χ2n) is 8.20. The molecule has 3 aromatic rings. The van der Waals surface area contributed by atoms with Crippen molar-refractivity contribution in [1.82, 2.24) is 4.90 Å². The Hall–Kier alpha value is -4.00. The second-order valence-corrected chi connectivity index (χ2v) is 8.20. The number of ether oxygens (including phenoxy) is 2. The molecule has 3 aromatic carbocycles. The van der Waals surface area contributed by atoms with Crippen LogP contribution in [0.1, 0.15) is 15.9 Å². The summed E-state index contributed by atoms with van der Waals surface area (Å²) in [5, 5.41) is 2.86. The van der Waals surface area contributed by atoms with E-state index >= 15 is 0 Å². The molecule has 1 aliphatic heterocycles. The fourth-order valence-electron chi connectivity index (χ4n) is 3.82. The second kappa shape index (κ2) is 10.7. The van der Waals surface area contributed by atoms with E-state index in [1.54, 1.807) is 31.4 Å². The molecule has 1 aliphatic rings. The van der Waals surface area contributed by atoms with E-state index in [9.17, 15) is 9.59 Å². The lowest BCUT2D eigenvalue weighted by Gasteiger charge is -2.36. The van der Waals surface area contributed by atoms with Gasteiger partial charge in [0.05, 0.1) is 7.11 Å². The first kappa shape index (κ1) is 23.2. The van der Waals surface area contributed by atoms with Crippen molar-refractivity contribution < 1.29 is 19.1 Å². The van der Waals surface area contributed by atoms with Crippen LogP contribution < -0.4 is 19.7 Å². The first-order valence-corrected chi connectivity index (χ1v) is 11.3. The highest BCUT2D eigenvalue weighted by atomic mass is 16.5. The summed E-state index contributed by atoms with van der Waals surface area (Å²) in [7, 11) is 1.61. The number of carbonyl (C=O) groups excluding carboxylic acids is 2. The van der Waals surface area contributed by atoms with Crippen LogP contribution in [-0.2, 0) is 4.79 Å². The maximum atomic E-state index is 12.8. The van der Waals surface area contributed by atoms with Gasteiger partial charge in [-0.2, -0.15) is 0 Å². The van der Waals surface area contributed by atoms with Crippen molar-refractivity contribution in [2.45, 2.75) is 6.92 Å². The van der Waals surface area contributed by atoms with Crippen LogP contribution in [0, 0.1) is 6.92 Å². The zero-order chi connectivity index (χ0) is 23.9. The van der Waals surface area contributed by atoms with Crippen LogP contribution in [0.5, 0.6) is 11.5 Å². The third-order valence-electron chi connectivity index (χ3n) is 5.81. The number of anilines is 2. The molecule has 1 saturated heterocycles. The SMILES string of the molecule is COc1ccc(C(=O)N2CCN(c3ccc(NC(=O)COc4ccc(C)cc4)cc3)CC2)cc1. The predicted octanol–water partition coefficient (Wildman–Crippen LogP) is 3.98. The summed E-state index contributed by atoms with van der Waals surface area (Å²) < 4.78 is 10.7. The van der Waals surface area contributed by atoms with Crippen LogP contribution in [0.3, 0.4) is 0 Å². The van der Waals surface area contributed by atoms with Crippen LogP contribution >= 0.6 is 0 Å². The number of amides is 2. The van der Waals surface area contributed by atoms with Crippen LogP contribution in [0.25, 0.3) is 0 Å². The van der Waals surface area contributed by atoms with E-state index in [4.69, 9.17) is 9.47 Å². The maximum Gasteiger partial charge on any atom is 0.262 e. The van der Waals surface area contributed by atoms with E-state index in [1.165, 1.54) is 0 Å². The number of carbonyl (C=O) groups is 2. The molecule has 0 aliphatic carbocycles. The zero-order valence-electron chi connectivity index (χ0n) is 19.5. The fraction of sp³-hybridized carbons (Fsp3) is 0.259. The summed E-state index contributed by atoms with van der Waals surface area (Å²) in [5.74, 6) is 1.23. The van der Waals surface area contributed by atoms with Gasteiger partial charge >= 0.3 is 0 Å². The lowest BCUT2D eigenvalue weighted by atomic mass is 10.1. The Kier molecular flexibility index (Phi) is 7.32. The Bertz CT molecular complexity index is 1100. The molecule has 7 nitrogen and oxygen atoms in total. The van der Waals surface area contributed by atoms with Gasteiger partial charge in [-0.1, -0.05) is 17.7 Å². The molecule has 0 aromatic heterocycles. The van der Waals surface area contributed by atoms with Gasteiger partial charge in [-0.05, 0) is 67.6 Å². The van der Waals surface area contributed by atoms with Crippen LogP contribution in [0.4, 0.5) is 11.4 Å². The number of aryl methyl sites for hydroxylation is 1. The summed E-state index contributed by atoms with van der Waals surface area (Å²) in [6.45, 7) is 4.76. The average molecular weight is 460 g/mol. The minimum absolute atomic E-state index is 0.0354. The van der Waals surface area contributed by atoms with Crippen LogP contribution in [0.15, 0.2) is 72.8 Å². The van der Waals surface area contributed by atoms with Crippen molar-refractivity contribution in [2.75, 3.05) is 50.1 Å². The van der Waals surface area contributed by atoms with E-state index < -0.39 is 0 Å². The highest BCUT2D eigenvalue weighted by Gasteiger charge is 2.22. The zero-order valence-corrected chi connectivity index (χ0v) is 19.5. The van der Waals surface area contributed by atoms with Crippen molar-refractivity contribution in [3.63, 3.8) is 0 Å². The lowest BCUT2D eigenvalue weighted by Crippen LogP contribution is -2.48. The molecule has 0 saturated carbocycles. The minimum atomic E-state index is -0.209. The number of methoxy groups -OCH3 is 1. The number of piperazine rings is 1. The Morgan fingerprint density at radius 3 is 2.06 bits per heavy atom. The quantitative estimate of drug-likeness (QED) is 0.579. The molecular formula is C27H29N3O4. The highest BCUT2D eigenvalue weighted by molar-refractivity contribution is 5.94. The van der Waals surface area contributed by atoms with Crippen molar-refractivity contribution in [1.29, 1.82) is 0 Å². The molecule has 4 rings (SSSR count). The molecule has 0 bridgehead atoms. The molecule has 2 amide bonds. The summed E-state index contributed by atoms with van der Waals surface area (Å²) in [6.07, 6.45) is 0. The van der Waals surface area contributed by atoms with Gasteiger partial charge in [0.25, 0.3) is 11.8 Å². The smallest absolute Gasteiger partial charge is 0.262 e. The van der Waals surface area contributed by atoms with E-state index in [-0.39, 0.29) is 18.4 Å². The monoisotopic (exact) mass is 459 g/mol. The fourth-order valence-corrected chi connectivity index (χ4v) is 3.82. The van der Waals surface area contributed by atoms with E-state index in [0.717, 1.165) is 35.8 Å². The van der Waals surface area contributed by atoms with Crippen molar-refractivity contribution >= 4 is 23.2 Å². The molecule has 0 radical (unpaired) electrons. The Morgan fingerprint density at radius 1 is 0.824 bits per heavy atom. The number of hydrogen-bond donors (Lipinski definition) is 1. The third kappa shape index (κ3) is 5.86. The molecular weight excluding hydrogens is 430 g/mol. The normalized spacial score (nSPS) is 13.4. The van der Waals surface area contributed by atoms with Gasteiger partial charge in [0, 0.05) is 43.1 Å². The largest absolute Gasteiger partial charge is 0.497 e. The first-order chi connectivity index (χ1) is 16.5. The van der Waals surface area contributed by atoms with Crippen LogP contribution in [-0.4, -0.2) is 56.6 Å². The number of rotatable bonds is 7. The van der Waals surface area contributed by atoms with Gasteiger partial charge in [0.2, 0.25) is 0 Å². The van der Waals surface area contributed by atoms with E-state index in [2.05, 4.69) is 10.2 Å². The molecule has 1 fully saturated rings. The topological polar surface area (TPSA) is 71.1 Å². The molecule has 1 N–H and O–H groups in total. The molecule has 7 heteroatoms. The van der Waals surface area contributed by atoms with E-state index in [1.807, 2.05) is 60.4 Å². The van der Waals surface area contributed by atoms with Crippen molar-refractivity contribution in [3.05, 3.63) is 83.9 Å². The molecule has 176 valence electrons. The average Bonchev–Trinajstić information content (AvgIpc) is 2.88. The van der Waals surface area contributed by atoms with Gasteiger partial charge in [-0.15, -0.1) is 0 Å². The Balaban J connectivity index is 1.25. The number of nitrogens with zero attached hydrogens (tertiary/aromatic N) is 2. The summed E-state index contributed by atoms with van der Waals surface area (Å²) in [6, 6.07) is 22.5. The number of nitrogens with one attached hydrogen (secondary N) is 1. The Morgan fingerprint density at radius 2 is 1.44 bits per heavy atom. The van der Waals surface area contributed by atoms with E-state index in [0.29, 0.717) is 24.4 Å². The van der Waals surface area contributed by atoms with Gasteiger partial charge in [-0.3, -0.25) is 9.59 Å². The highest BCUT2D eigenvalue weighted by Crippen LogP contribution is 2.21. The summed E-state index contributed by atoms with van der Waals surface area (Å²) >= 11 is 0. The number of hydrogen-bond acceptors (Lipinski definition) is 5. The van der Waals surface area contributed by atoms with Gasteiger partial charge in [0.1, 0.15) is 11.5 Å². The summed E-state index contributed by atoms with van der Waals surface area (Å²) in [5.41, 5.74) is 3.59. The van der Waals surface area contributed by atoms with Crippen molar-refractivity contribution in [2.24, 2.45) is 0 Å². The minimum Gasteiger partial charge on any atom is -0.497 e. The van der Waals surface area contributed by atoms with Gasteiger partial charge < -0.3 is 24.6 Å². The van der Waals surface area contributed by atoms with Crippen molar-refractivity contribution in [3.8, 4) is 11.5 Å². The van der Waals surface area contributed by atoms with Gasteiger partial charge in [0.15, 0.2) is 6.61 Å². The van der Waals surface area contributed by atoms with Gasteiger partial charge in [-0.25, -0.2) is 0 Å². The molecule has 0 spiro atoms.